The Bertz CT molecular complexity index is 1140. The van der Waals surface area contributed by atoms with Crippen molar-refractivity contribution in [1.82, 2.24) is 4.90 Å². The first-order chi connectivity index (χ1) is 15.0. The van der Waals surface area contributed by atoms with E-state index in [2.05, 4.69) is 0 Å². The topological polar surface area (TPSA) is 66.8 Å². The maximum Gasteiger partial charge on any atom is 0.295 e. The first-order valence-corrected chi connectivity index (χ1v) is 11.1. The molecule has 0 saturated carbocycles. The molecule has 2 aromatic carbocycles. The maximum absolute atomic E-state index is 13.0. The summed E-state index contributed by atoms with van der Waals surface area (Å²) in [4.78, 5) is 28.4. The van der Waals surface area contributed by atoms with Crippen LogP contribution in [-0.2, 0) is 16.1 Å². The quantitative estimate of drug-likeness (QED) is 0.307. The van der Waals surface area contributed by atoms with Crippen LogP contribution in [0.1, 0.15) is 29.0 Å². The summed E-state index contributed by atoms with van der Waals surface area (Å²) in [5, 5.41) is 13.4. The third kappa shape index (κ3) is 4.09. The van der Waals surface area contributed by atoms with Gasteiger partial charge in [-0.1, -0.05) is 35.9 Å². The molecule has 1 amide bonds. The number of carbonyl (C=O) groups is 2. The number of aliphatic hydroxyl groups excluding tert-OH is 1. The van der Waals surface area contributed by atoms with Crippen LogP contribution in [0.25, 0.3) is 5.76 Å². The van der Waals surface area contributed by atoms with Gasteiger partial charge >= 0.3 is 0 Å². The fraction of sp³-hybridized carbons (Fsp3) is 0.167. The number of hydrogen-bond acceptors (Lipinski definition) is 5. The highest BCUT2D eigenvalue weighted by atomic mass is 35.5. The molecule has 0 aliphatic carbocycles. The molecule has 3 aromatic rings. The Labute approximate surface area is 189 Å². The highest BCUT2D eigenvalue weighted by Gasteiger charge is 2.46. The van der Waals surface area contributed by atoms with Gasteiger partial charge in [-0.05, 0) is 54.3 Å². The number of hydrogen-bond donors (Lipinski definition) is 1. The molecule has 1 fully saturated rings. The van der Waals surface area contributed by atoms with Crippen LogP contribution in [0.5, 0.6) is 5.75 Å². The van der Waals surface area contributed by atoms with Gasteiger partial charge in [0.1, 0.15) is 11.5 Å². The molecule has 1 aromatic heterocycles. The Hall–Kier alpha value is -3.09. The molecule has 1 unspecified atom stereocenters. The SMILES string of the molecule is CCOc1ccc(/C(O)=C2\C(=O)C(=O)N(Cc3cccs3)C2c2ccccc2Cl)cc1. The van der Waals surface area contributed by atoms with E-state index in [4.69, 9.17) is 16.3 Å². The van der Waals surface area contributed by atoms with E-state index in [0.29, 0.717) is 28.5 Å². The van der Waals surface area contributed by atoms with Crippen LogP contribution in [0.4, 0.5) is 0 Å². The molecule has 0 radical (unpaired) electrons. The van der Waals surface area contributed by atoms with Gasteiger partial charge in [0.05, 0.1) is 24.8 Å². The second-order valence-corrected chi connectivity index (χ2v) is 8.42. The number of ether oxygens (including phenoxy) is 1. The predicted octanol–water partition coefficient (Wildman–Crippen LogP) is 5.42. The smallest absolute Gasteiger partial charge is 0.295 e. The van der Waals surface area contributed by atoms with Crippen LogP contribution in [0.3, 0.4) is 0 Å². The number of ketones is 1. The number of likely N-dealkylation sites (tertiary alicyclic amines) is 1. The standard InChI is InChI=1S/C24H20ClNO4S/c1-2-30-16-11-9-15(10-12-16)22(27)20-21(18-7-3-4-8-19(18)25)26(24(29)23(20)28)14-17-6-5-13-31-17/h3-13,21,27H,2,14H2,1H3/b22-20+. The first-order valence-electron chi connectivity index (χ1n) is 9.79. The highest BCUT2D eigenvalue weighted by Crippen LogP contribution is 2.42. The molecule has 1 atom stereocenters. The first kappa shape index (κ1) is 21.2. The highest BCUT2D eigenvalue weighted by molar-refractivity contribution is 7.09. The zero-order valence-electron chi connectivity index (χ0n) is 16.7. The van der Waals surface area contributed by atoms with Gasteiger partial charge in [0.15, 0.2) is 0 Å². The van der Waals surface area contributed by atoms with Gasteiger partial charge in [0.2, 0.25) is 0 Å². The van der Waals surface area contributed by atoms with Crippen molar-refractivity contribution >= 4 is 40.4 Å². The number of halogens is 1. The molecule has 1 N–H and O–H groups in total. The van der Waals surface area contributed by atoms with Crippen molar-refractivity contribution in [2.24, 2.45) is 0 Å². The number of benzene rings is 2. The summed E-state index contributed by atoms with van der Waals surface area (Å²) in [6.45, 7) is 2.65. The van der Waals surface area contributed by atoms with Gasteiger partial charge in [0.25, 0.3) is 11.7 Å². The number of Topliss-reactive ketones (excluding diaryl/α,β-unsaturated/α-hetero) is 1. The Morgan fingerprint density at radius 1 is 1.10 bits per heavy atom. The second-order valence-electron chi connectivity index (χ2n) is 6.99. The average Bonchev–Trinajstić information content (AvgIpc) is 3.37. The molecule has 1 aliphatic heterocycles. The zero-order chi connectivity index (χ0) is 22.0. The number of nitrogens with zero attached hydrogens (tertiary/aromatic N) is 1. The van der Waals surface area contributed by atoms with Gasteiger partial charge in [-0.25, -0.2) is 0 Å². The summed E-state index contributed by atoms with van der Waals surface area (Å²) in [5.74, 6) is -0.974. The van der Waals surface area contributed by atoms with Crippen molar-refractivity contribution in [2.45, 2.75) is 19.5 Å². The summed E-state index contributed by atoms with van der Waals surface area (Å²) >= 11 is 7.95. The van der Waals surface area contributed by atoms with Crippen LogP contribution in [0, 0.1) is 0 Å². The summed E-state index contributed by atoms with van der Waals surface area (Å²) < 4.78 is 5.44. The van der Waals surface area contributed by atoms with E-state index in [1.165, 1.54) is 16.2 Å². The summed E-state index contributed by atoms with van der Waals surface area (Å²) in [7, 11) is 0. The van der Waals surface area contributed by atoms with Gasteiger partial charge in [-0.15, -0.1) is 11.3 Å². The van der Waals surface area contributed by atoms with E-state index in [-0.39, 0.29) is 17.9 Å². The Morgan fingerprint density at radius 3 is 2.48 bits per heavy atom. The van der Waals surface area contributed by atoms with Crippen molar-refractivity contribution in [3.63, 3.8) is 0 Å². The van der Waals surface area contributed by atoms with Crippen LogP contribution < -0.4 is 4.74 Å². The molecular formula is C24H20ClNO4S. The number of amides is 1. The minimum absolute atomic E-state index is 0.0267. The lowest BCUT2D eigenvalue weighted by Crippen LogP contribution is -2.29. The van der Waals surface area contributed by atoms with Crippen molar-refractivity contribution in [3.05, 3.63) is 92.6 Å². The van der Waals surface area contributed by atoms with Crippen LogP contribution in [0.15, 0.2) is 71.6 Å². The van der Waals surface area contributed by atoms with Crippen LogP contribution in [-0.4, -0.2) is 28.3 Å². The fourth-order valence-corrected chi connectivity index (χ4v) is 4.61. The monoisotopic (exact) mass is 453 g/mol. The van der Waals surface area contributed by atoms with E-state index in [9.17, 15) is 14.7 Å². The molecule has 0 bridgehead atoms. The fourth-order valence-electron chi connectivity index (χ4n) is 3.66. The predicted molar refractivity (Wildman–Crippen MR) is 121 cm³/mol. The van der Waals surface area contributed by atoms with Crippen molar-refractivity contribution in [2.75, 3.05) is 6.61 Å². The molecular weight excluding hydrogens is 434 g/mol. The Kier molecular flexibility index (Phi) is 6.11. The maximum atomic E-state index is 13.0. The normalized spacial score (nSPS) is 17.9. The number of carbonyl (C=O) groups excluding carboxylic acids is 2. The van der Waals surface area contributed by atoms with Crippen LogP contribution >= 0.6 is 22.9 Å². The van der Waals surface area contributed by atoms with E-state index in [1.54, 1.807) is 48.5 Å². The number of rotatable bonds is 6. The van der Waals surface area contributed by atoms with E-state index >= 15 is 0 Å². The minimum Gasteiger partial charge on any atom is -0.507 e. The molecule has 1 aliphatic rings. The lowest BCUT2D eigenvalue weighted by atomic mass is 9.95. The molecule has 31 heavy (non-hydrogen) atoms. The number of aliphatic hydroxyl groups is 1. The summed E-state index contributed by atoms with van der Waals surface area (Å²) in [5.41, 5.74) is 1.04. The van der Waals surface area contributed by atoms with Crippen molar-refractivity contribution in [1.29, 1.82) is 0 Å². The molecule has 0 spiro atoms. The zero-order valence-corrected chi connectivity index (χ0v) is 18.3. The van der Waals surface area contributed by atoms with Gasteiger partial charge < -0.3 is 14.7 Å². The van der Waals surface area contributed by atoms with E-state index in [1.807, 2.05) is 24.4 Å². The van der Waals surface area contributed by atoms with Gasteiger partial charge in [0, 0.05) is 15.5 Å². The molecule has 7 heteroatoms. The lowest BCUT2D eigenvalue weighted by molar-refractivity contribution is -0.140. The summed E-state index contributed by atoms with van der Waals surface area (Å²) in [6, 6.07) is 16.8. The van der Waals surface area contributed by atoms with Gasteiger partial charge in [-0.3, -0.25) is 9.59 Å². The molecule has 1 saturated heterocycles. The number of thiophene rings is 1. The molecule has 4 rings (SSSR count). The molecule has 158 valence electrons. The largest absolute Gasteiger partial charge is 0.507 e. The van der Waals surface area contributed by atoms with Crippen molar-refractivity contribution in [3.8, 4) is 5.75 Å². The van der Waals surface area contributed by atoms with Gasteiger partial charge in [-0.2, -0.15) is 0 Å². The third-order valence-corrected chi connectivity index (χ3v) is 6.29. The van der Waals surface area contributed by atoms with E-state index < -0.39 is 17.7 Å². The molecule has 5 nitrogen and oxygen atoms in total. The Balaban J connectivity index is 1.84. The lowest BCUT2D eigenvalue weighted by Gasteiger charge is -2.25. The summed E-state index contributed by atoms with van der Waals surface area (Å²) in [6.07, 6.45) is 0. The minimum atomic E-state index is -0.789. The van der Waals surface area contributed by atoms with E-state index in [0.717, 1.165) is 4.88 Å². The second kappa shape index (κ2) is 8.96. The Morgan fingerprint density at radius 2 is 1.84 bits per heavy atom. The van der Waals surface area contributed by atoms with Crippen molar-refractivity contribution < 1.29 is 19.4 Å². The average molecular weight is 454 g/mol. The molecule has 2 heterocycles. The van der Waals surface area contributed by atoms with Crippen LogP contribution in [0.2, 0.25) is 5.02 Å². The third-order valence-electron chi connectivity index (χ3n) is 5.08.